The zero-order valence-corrected chi connectivity index (χ0v) is 13.6. The lowest BCUT2D eigenvalue weighted by Gasteiger charge is -2.44. The summed E-state index contributed by atoms with van der Waals surface area (Å²) in [5.74, 6) is 0.596. The van der Waals surface area contributed by atoms with Crippen LogP contribution in [-0.4, -0.2) is 39.7 Å². The SMILES string of the molecule is CC(C)CN1C[C@@](C)(O)C=C2c3cccc4[nH]cc(c34)C[C@H]21. The van der Waals surface area contributed by atoms with E-state index in [4.69, 9.17) is 0 Å². The molecule has 3 nitrogen and oxygen atoms in total. The molecular weight excluding hydrogens is 272 g/mol. The van der Waals surface area contributed by atoms with Crippen molar-refractivity contribution in [1.29, 1.82) is 0 Å². The monoisotopic (exact) mass is 296 g/mol. The van der Waals surface area contributed by atoms with Crippen LogP contribution in [0.1, 0.15) is 31.9 Å². The maximum atomic E-state index is 10.7. The zero-order chi connectivity index (χ0) is 15.5. The number of benzene rings is 1. The van der Waals surface area contributed by atoms with Gasteiger partial charge in [0, 0.05) is 36.2 Å². The summed E-state index contributed by atoms with van der Waals surface area (Å²) in [4.78, 5) is 5.86. The van der Waals surface area contributed by atoms with E-state index in [9.17, 15) is 5.11 Å². The first-order valence-electron chi connectivity index (χ1n) is 8.23. The van der Waals surface area contributed by atoms with Crippen LogP contribution in [0.3, 0.4) is 0 Å². The van der Waals surface area contributed by atoms with Crippen LogP contribution in [0.15, 0.2) is 30.5 Å². The van der Waals surface area contributed by atoms with Gasteiger partial charge in [-0.05, 0) is 48.1 Å². The van der Waals surface area contributed by atoms with Gasteiger partial charge >= 0.3 is 0 Å². The Bertz CT molecular complexity index is 754. The fourth-order valence-corrected chi connectivity index (χ4v) is 4.22. The number of β-amino-alcohol motifs (C(OH)–C–C–N with tert-alkyl or cyclic N) is 1. The smallest absolute Gasteiger partial charge is 0.0932 e. The van der Waals surface area contributed by atoms with Crippen LogP contribution < -0.4 is 0 Å². The van der Waals surface area contributed by atoms with E-state index in [0.29, 0.717) is 12.0 Å². The van der Waals surface area contributed by atoms with Crippen molar-refractivity contribution in [1.82, 2.24) is 9.88 Å². The first kappa shape index (κ1) is 14.0. The number of hydrogen-bond acceptors (Lipinski definition) is 2. The van der Waals surface area contributed by atoms with E-state index in [2.05, 4.69) is 54.2 Å². The van der Waals surface area contributed by atoms with Gasteiger partial charge in [0.2, 0.25) is 0 Å². The highest BCUT2D eigenvalue weighted by atomic mass is 16.3. The maximum absolute atomic E-state index is 10.7. The van der Waals surface area contributed by atoms with E-state index in [0.717, 1.165) is 19.5 Å². The molecule has 0 saturated heterocycles. The fourth-order valence-electron chi connectivity index (χ4n) is 4.22. The van der Waals surface area contributed by atoms with Gasteiger partial charge in [-0.2, -0.15) is 0 Å². The normalized spacial score (nSPS) is 28.0. The van der Waals surface area contributed by atoms with Crippen LogP contribution in [-0.2, 0) is 6.42 Å². The molecule has 2 N–H and O–H groups in total. The van der Waals surface area contributed by atoms with E-state index in [1.165, 1.54) is 27.6 Å². The number of aliphatic hydroxyl groups is 1. The highest BCUT2D eigenvalue weighted by molar-refractivity contribution is 5.98. The Labute approximate surface area is 131 Å². The third-order valence-electron chi connectivity index (χ3n) is 4.90. The Hall–Kier alpha value is -1.58. The molecule has 2 aliphatic rings. The van der Waals surface area contributed by atoms with E-state index < -0.39 is 5.60 Å². The molecule has 0 fully saturated rings. The highest BCUT2D eigenvalue weighted by Crippen LogP contribution is 2.42. The number of hydrogen-bond donors (Lipinski definition) is 2. The summed E-state index contributed by atoms with van der Waals surface area (Å²) in [6, 6.07) is 6.83. The standard InChI is InChI=1S/C19H24N2O/c1-12(2)10-21-11-19(3,22)8-15-14-5-4-6-16-18(14)13(9-20-16)7-17(15)21/h4-6,8-9,12,17,20,22H,7,10-11H2,1-3H3/t17-,19+/m1/s1. The quantitative estimate of drug-likeness (QED) is 0.893. The average molecular weight is 296 g/mol. The van der Waals surface area contributed by atoms with E-state index in [-0.39, 0.29) is 0 Å². The van der Waals surface area contributed by atoms with Gasteiger partial charge in [0.15, 0.2) is 0 Å². The maximum Gasteiger partial charge on any atom is 0.0932 e. The Kier molecular flexibility index (Phi) is 3.00. The molecule has 0 radical (unpaired) electrons. The van der Waals surface area contributed by atoms with Crippen molar-refractivity contribution < 1.29 is 5.11 Å². The van der Waals surface area contributed by atoms with Gasteiger partial charge in [0.1, 0.15) is 0 Å². The number of H-pyrrole nitrogens is 1. The zero-order valence-electron chi connectivity index (χ0n) is 13.6. The van der Waals surface area contributed by atoms with Crippen molar-refractivity contribution in [2.45, 2.75) is 38.8 Å². The fraction of sp³-hybridized carbons (Fsp3) is 0.474. The first-order chi connectivity index (χ1) is 10.4. The topological polar surface area (TPSA) is 39.3 Å². The van der Waals surface area contributed by atoms with Gasteiger partial charge in [-0.25, -0.2) is 0 Å². The molecule has 2 aromatic rings. The number of nitrogens with one attached hydrogen (secondary N) is 1. The molecule has 0 amide bonds. The second-order valence-electron chi connectivity index (χ2n) is 7.54. The van der Waals surface area contributed by atoms with Crippen molar-refractivity contribution in [2.75, 3.05) is 13.1 Å². The number of rotatable bonds is 2. The van der Waals surface area contributed by atoms with Gasteiger partial charge < -0.3 is 10.1 Å². The average Bonchev–Trinajstić information content (AvgIpc) is 2.84. The molecule has 2 atom stereocenters. The van der Waals surface area contributed by atoms with E-state index >= 15 is 0 Å². The van der Waals surface area contributed by atoms with Crippen LogP contribution in [0.5, 0.6) is 0 Å². The summed E-state index contributed by atoms with van der Waals surface area (Å²) in [5.41, 5.74) is 4.44. The van der Waals surface area contributed by atoms with Crippen LogP contribution in [0.25, 0.3) is 16.5 Å². The number of aromatic amines is 1. The minimum absolute atomic E-state index is 0.386. The van der Waals surface area contributed by atoms with Crippen LogP contribution >= 0.6 is 0 Å². The molecule has 1 aliphatic carbocycles. The minimum Gasteiger partial charge on any atom is -0.385 e. The molecule has 1 aliphatic heterocycles. The first-order valence-corrected chi connectivity index (χ1v) is 8.23. The van der Waals surface area contributed by atoms with Gasteiger partial charge in [0.25, 0.3) is 0 Å². The largest absolute Gasteiger partial charge is 0.385 e. The molecule has 0 saturated carbocycles. The highest BCUT2D eigenvalue weighted by Gasteiger charge is 2.38. The molecule has 0 bridgehead atoms. The Morgan fingerprint density at radius 3 is 3.00 bits per heavy atom. The second kappa shape index (κ2) is 4.71. The number of nitrogens with zero attached hydrogens (tertiary/aromatic N) is 1. The Morgan fingerprint density at radius 1 is 1.41 bits per heavy atom. The molecule has 1 aromatic carbocycles. The molecule has 116 valence electrons. The lowest BCUT2D eigenvalue weighted by molar-refractivity contribution is 0.0374. The van der Waals surface area contributed by atoms with E-state index in [1.807, 2.05) is 6.92 Å². The van der Waals surface area contributed by atoms with Crippen molar-refractivity contribution >= 4 is 16.5 Å². The number of aromatic nitrogens is 1. The molecule has 0 unspecified atom stereocenters. The van der Waals surface area contributed by atoms with Gasteiger partial charge in [-0.15, -0.1) is 0 Å². The third kappa shape index (κ3) is 2.11. The van der Waals surface area contributed by atoms with Gasteiger partial charge in [0.05, 0.1) is 5.60 Å². The predicted octanol–water partition coefficient (Wildman–Crippen LogP) is 3.20. The van der Waals surface area contributed by atoms with Crippen LogP contribution in [0, 0.1) is 5.92 Å². The van der Waals surface area contributed by atoms with Crippen LogP contribution in [0.4, 0.5) is 0 Å². The lowest BCUT2D eigenvalue weighted by atomic mass is 9.78. The Balaban J connectivity index is 1.88. The number of fused-ring (bicyclic) bond motifs is 2. The van der Waals surface area contributed by atoms with Crippen molar-refractivity contribution in [3.8, 4) is 0 Å². The molecule has 1 aromatic heterocycles. The lowest BCUT2D eigenvalue weighted by Crippen LogP contribution is -2.52. The summed E-state index contributed by atoms with van der Waals surface area (Å²) >= 11 is 0. The molecule has 4 rings (SSSR count). The van der Waals surface area contributed by atoms with Gasteiger partial charge in [-0.1, -0.05) is 26.0 Å². The van der Waals surface area contributed by atoms with E-state index in [1.54, 1.807) is 0 Å². The summed E-state index contributed by atoms with van der Waals surface area (Å²) in [7, 11) is 0. The molecular formula is C19H24N2O. The van der Waals surface area contributed by atoms with Crippen LogP contribution in [0.2, 0.25) is 0 Å². The summed E-state index contributed by atoms with van der Waals surface area (Å²) in [6.45, 7) is 8.16. The molecule has 3 heteroatoms. The van der Waals surface area contributed by atoms with Gasteiger partial charge in [-0.3, -0.25) is 4.90 Å². The van der Waals surface area contributed by atoms with Crippen molar-refractivity contribution in [3.63, 3.8) is 0 Å². The van der Waals surface area contributed by atoms with Crippen molar-refractivity contribution in [2.24, 2.45) is 5.92 Å². The third-order valence-corrected chi connectivity index (χ3v) is 4.90. The summed E-state index contributed by atoms with van der Waals surface area (Å²) in [5, 5.41) is 12.1. The predicted molar refractivity (Wildman–Crippen MR) is 90.8 cm³/mol. The molecule has 2 heterocycles. The molecule has 0 spiro atoms. The minimum atomic E-state index is -0.753. The summed E-state index contributed by atoms with van der Waals surface area (Å²) < 4.78 is 0. The second-order valence-corrected chi connectivity index (χ2v) is 7.54. The Morgan fingerprint density at radius 2 is 2.23 bits per heavy atom. The summed E-state index contributed by atoms with van der Waals surface area (Å²) in [6.07, 6.45) is 5.29. The van der Waals surface area contributed by atoms with Crippen molar-refractivity contribution in [3.05, 3.63) is 41.6 Å². The molecule has 22 heavy (non-hydrogen) atoms.